The predicted molar refractivity (Wildman–Crippen MR) is 110 cm³/mol. The van der Waals surface area contributed by atoms with Crippen LogP contribution >= 0.6 is 15.9 Å². The first-order chi connectivity index (χ1) is 13.5. The Morgan fingerprint density at radius 3 is 2.64 bits per heavy atom. The van der Waals surface area contributed by atoms with Crippen LogP contribution in [0.5, 0.6) is 11.5 Å². The number of urea groups is 1. The minimum atomic E-state index is -0.775. The van der Waals surface area contributed by atoms with Gasteiger partial charge >= 0.3 is 12.0 Å². The van der Waals surface area contributed by atoms with Gasteiger partial charge in [-0.25, -0.2) is 15.0 Å². The smallest absolute Gasteiger partial charge is 0.344 e. The van der Waals surface area contributed by atoms with Gasteiger partial charge in [-0.15, -0.1) is 0 Å². The Morgan fingerprint density at radius 2 is 1.89 bits per heavy atom. The third-order valence-electron chi connectivity index (χ3n) is 3.84. The molecular formula is C20H16BrN3O4. The third kappa shape index (κ3) is 4.29. The van der Waals surface area contributed by atoms with Crippen molar-refractivity contribution in [2.24, 2.45) is 10.8 Å². The Labute approximate surface area is 169 Å². The Kier molecular flexibility index (Phi) is 5.90. The van der Waals surface area contributed by atoms with Crippen LogP contribution < -0.4 is 20.6 Å². The van der Waals surface area contributed by atoms with Gasteiger partial charge < -0.3 is 15.2 Å². The molecule has 0 saturated carbocycles. The lowest BCUT2D eigenvalue weighted by Gasteiger charge is -2.13. The minimum Gasteiger partial charge on any atom is -0.493 e. The molecule has 0 spiro atoms. The van der Waals surface area contributed by atoms with Crippen molar-refractivity contribution < 1.29 is 19.1 Å². The molecule has 0 radical (unpaired) electrons. The molecule has 0 unspecified atom stereocenters. The van der Waals surface area contributed by atoms with E-state index in [1.54, 1.807) is 24.3 Å². The molecule has 0 fully saturated rings. The first kappa shape index (κ1) is 19.4. The van der Waals surface area contributed by atoms with E-state index >= 15 is 0 Å². The van der Waals surface area contributed by atoms with Crippen LogP contribution in [-0.4, -0.2) is 25.3 Å². The molecule has 3 aromatic rings. The largest absolute Gasteiger partial charge is 0.493 e. The van der Waals surface area contributed by atoms with E-state index < -0.39 is 12.0 Å². The second-order valence-corrected chi connectivity index (χ2v) is 6.54. The summed E-state index contributed by atoms with van der Waals surface area (Å²) in [5.74, 6) is 0.0524. The molecule has 0 saturated heterocycles. The lowest BCUT2D eigenvalue weighted by atomic mass is 10.0. The molecule has 0 heterocycles. The van der Waals surface area contributed by atoms with Crippen LogP contribution in [0.3, 0.4) is 0 Å². The summed E-state index contributed by atoms with van der Waals surface area (Å²) in [5.41, 5.74) is 8.11. The van der Waals surface area contributed by atoms with Crippen LogP contribution in [-0.2, 0) is 0 Å². The van der Waals surface area contributed by atoms with Crippen LogP contribution in [0.25, 0.3) is 10.8 Å². The molecule has 8 heteroatoms. The second-order valence-electron chi connectivity index (χ2n) is 5.68. The number of fused-ring (bicyclic) bond motifs is 1. The highest BCUT2D eigenvalue weighted by Gasteiger charge is 2.18. The molecule has 0 aliphatic carbocycles. The van der Waals surface area contributed by atoms with Crippen molar-refractivity contribution >= 4 is 44.9 Å². The molecule has 3 aromatic carbocycles. The lowest BCUT2D eigenvalue weighted by Crippen LogP contribution is -2.24. The van der Waals surface area contributed by atoms with Crippen LogP contribution in [0.4, 0.5) is 4.79 Å². The van der Waals surface area contributed by atoms with E-state index in [1.165, 1.54) is 13.3 Å². The molecule has 0 aliphatic rings. The number of carbonyl (C=O) groups is 2. The van der Waals surface area contributed by atoms with Gasteiger partial charge in [-0.1, -0.05) is 36.4 Å². The Morgan fingerprint density at radius 1 is 1.14 bits per heavy atom. The van der Waals surface area contributed by atoms with E-state index in [2.05, 4.69) is 26.5 Å². The average Bonchev–Trinajstić information content (AvgIpc) is 2.68. The van der Waals surface area contributed by atoms with Gasteiger partial charge in [0.05, 0.1) is 23.4 Å². The first-order valence-electron chi connectivity index (χ1n) is 8.15. The maximum Gasteiger partial charge on any atom is 0.344 e. The number of carbonyl (C=O) groups excluding carboxylic acids is 2. The van der Waals surface area contributed by atoms with Crippen molar-refractivity contribution in [1.82, 2.24) is 5.43 Å². The summed E-state index contributed by atoms with van der Waals surface area (Å²) in [6, 6.07) is 15.5. The zero-order valence-electron chi connectivity index (χ0n) is 14.8. The minimum absolute atomic E-state index is 0.237. The number of amides is 2. The quantitative estimate of drug-likeness (QED) is 0.271. The van der Waals surface area contributed by atoms with Crippen molar-refractivity contribution in [3.05, 3.63) is 70.2 Å². The molecular weight excluding hydrogens is 426 g/mol. The van der Waals surface area contributed by atoms with Crippen molar-refractivity contribution in [3.8, 4) is 11.5 Å². The number of nitrogens with zero attached hydrogens (tertiary/aromatic N) is 1. The maximum absolute atomic E-state index is 12.8. The van der Waals surface area contributed by atoms with Crippen LogP contribution in [0.1, 0.15) is 15.9 Å². The van der Waals surface area contributed by atoms with Gasteiger partial charge in [0, 0.05) is 0 Å². The number of halogens is 1. The van der Waals surface area contributed by atoms with Crippen molar-refractivity contribution in [2.45, 2.75) is 0 Å². The standard InChI is InChI=1S/C20H16BrN3O4/c1-27-17-10-12(11-23-24-20(22)26)9-16(21)18(17)28-19(25)15-8-4-6-13-5-2-3-7-14(13)15/h2-11H,1H3,(H3,22,24,26)/b23-11-. The fraction of sp³-hybridized carbons (Fsp3) is 0.0500. The molecule has 7 nitrogen and oxygen atoms in total. The number of hydrogen-bond donors (Lipinski definition) is 2. The van der Waals surface area contributed by atoms with Crippen molar-refractivity contribution in [3.63, 3.8) is 0 Å². The molecule has 0 aliphatic heterocycles. The number of ether oxygens (including phenoxy) is 2. The number of hydrogen-bond acceptors (Lipinski definition) is 5. The monoisotopic (exact) mass is 441 g/mol. The summed E-state index contributed by atoms with van der Waals surface area (Å²) < 4.78 is 11.4. The zero-order valence-corrected chi connectivity index (χ0v) is 16.4. The van der Waals surface area contributed by atoms with E-state index in [4.69, 9.17) is 15.2 Å². The topological polar surface area (TPSA) is 103 Å². The highest BCUT2D eigenvalue weighted by molar-refractivity contribution is 9.10. The van der Waals surface area contributed by atoms with E-state index in [-0.39, 0.29) is 5.75 Å². The van der Waals surface area contributed by atoms with Gasteiger partial charge in [-0.05, 0) is 50.5 Å². The van der Waals surface area contributed by atoms with Gasteiger partial charge in [0.1, 0.15) is 0 Å². The average molecular weight is 442 g/mol. The lowest BCUT2D eigenvalue weighted by molar-refractivity contribution is 0.0730. The molecule has 28 heavy (non-hydrogen) atoms. The van der Waals surface area contributed by atoms with Crippen molar-refractivity contribution in [2.75, 3.05) is 7.11 Å². The van der Waals surface area contributed by atoms with E-state index in [0.717, 1.165) is 10.8 Å². The SMILES string of the molecule is COc1cc(/C=N\NC(N)=O)cc(Br)c1OC(=O)c1cccc2ccccc12. The Bertz CT molecular complexity index is 1080. The summed E-state index contributed by atoms with van der Waals surface area (Å²) in [6.07, 6.45) is 1.38. The molecule has 3 N–H and O–H groups in total. The molecule has 3 rings (SSSR count). The number of primary amides is 1. The summed E-state index contributed by atoms with van der Waals surface area (Å²) in [7, 11) is 1.46. The van der Waals surface area contributed by atoms with Crippen LogP contribution in [0.2, 0.25) is 0 Å². The van der Waals surface area contributed by atoms with Crippen LogP contribution in [0.15, 0.2) is 64.2 Å². The highest BCUT2D eigenvalue weighted by Crippen LogP contribution is 2.37. The number of benzene rings is 3. The summed E-state index contributed by atoms with van der Waals surface area (Å²) in [5, 5.41) is 5.44. The number of nitrogens with two attached hydrogens (primary N) is 1. The van der Waals surface area contributed by atoms with Gasteiger partial charge in [-0.3, -0.25) is 0 Å². The highest BCUT2D eigenvalue weighted by atomic mass is 79.9. The van der Waals surface area contributed by atoms with Crippen LogP contribution in [0, 0.1) is 0 Å². The number of hydrazone groups is 1. The zero-order chi connectivity index (χ0) is 20.1. The van der Waals surface area contributed by atoms with Gasteiger partial charge in [-0.2, -0.15) is 5.10 Å². The number of esters is 1. The molecule has 142 valence electrons. The summed E-state index contributed by atoms with van der Waals surface area (Å²) in [4.78, 5) is 23.5. The molecule has 0 bridgehead atoms. The number of rotatable bonds is 5. The van der Waals surface area contributed by atoms with Gasteiger partial charge in [0.25, 0.3) is 0 Å². The molecule has 0 atom stereocenters. The Balaban J connectivity index is 1.92. The fourth-order valence-electron chi connectivity index (χ4n) is 2.63. The molecule has 0 aromatic heterocycles. The maximum atomic E-state index is 12.8. The number of methoxy groups -OCH3 is 1. The van der Waals surface area contributed by atoms with Gasteiger partial charge in [0.2, 0.25) is 0 Å². The van der Waals surface area contributed by atoms with Gasteiger partial charge in [0.15, 0.2) is 11.5 Å². The van der Waals surface area contributed by atoms with Crippen molar-refractivity contribution in [1.29, 1.82) is 0 Å². The predicted octanol–water partition coefficient (Wildman–Crippen LogP) is 3.83. The van der Waals surface area contributed by atoms with E-state index in [9.17, 15) is 9.59 Å². The Hall–Kier alpha value is -3.39. The second kappa shape index (κ2) is 8.53. The third-order valence-corrected chi connectivity index (χ3v) is 4.43. The normalized spacial score (nSPS) is 10.8. The molecule has 2 amide bonds. The number of nitrogens with one attached hydrogen (secondary N) is 1. The van der Waals surface area contributed by atoms with E-state index in [0.29, 0.717) is 21.3 Å². The fourth-order valence-corrected chi connectivity index (χ4v) is 3.18. The van der Waals surface area contributed by atoms with E-state index in [1.807, 2.05) is 30.3 Å². The summed E-state index contributed by atoms with van der Waals surface area (Å²) >= 11 is 3.38. The first-order valence-corrected chi connectivity index (χ1v) is 8.95. The summed E-state index contributed by atoms with van der Waals surface area (Å²) in [6.45, 7) is 0.